The summed E-state index contributed by atoms with van der Waals surface area (Å²) in [4.78, 5) is 19.5. The number of halogens is 2. The second-order valence-electron chi connectivity index (χ2n) is 8.42. The number of amides is 1. The van der Waals surface area contributed by atoms with Crippen LogP contribution in [0, 0.1) is 0 Å². The van der Waals surface area contributed by atoms with Crippen LogP contribution >= 0.6 is 33.8 Å². The van der Waals surface area contributed by atoms with Gasteiger partial charge in [0, 0.05) is 36.8 Å². The minimum absolute atomic E-state index is 0.0682. The van der Waals surface area contributed by atoms with E-state index in [-0.39, 0.29) is 17.1 Å². The Morgan fingerprint density at radius 2 is 2.06 bits per heavy atom. The Bertz CT molecular complexity index is 1440. The van der Waals surface area contributed by atoms with Crippen molar-refractivity contribution in [3.05, 3.63) is 51.9 Å². The average Bonchev–Trinajstić information content (AvgIpc) is 3.29. The number of rotatable bonds is 4. The van der Waals surface area contributed by atoms with E-state index in [9.17, 15) is 13.9 Å². The molecule has 0 aromatic carbocycles. The van der Waals surface area contributed by atoms with Gasteiger partial charge in [-0.25, -0.2) is 14.0 Å². The maximum atomic E-state index is 13.3. The number of nitrogens with zero attached hydrogens (tertiary/aromatic N) is 6. The molecule has 186 valence electrons. The molecule has 1 amide bonds. The van der Waals surface area contributed by atoms with Gasteiger partial charge in [0.05, 0.1) is 28.0 Å². The fraction of sp³-hybridized carbons (Fsp3) is 0.333. The molecule has 4 aromatic heterocycles. The fourth-order valence-corrected chi connectivity index (χ4v) is 6.25. The van der Waals surface area contributed by atoms with E-state index >= 15 is 0 Å². The lowest BCUT2D eigenvalue weighted by molar-refractivity contribution is 0.0942. The zero-order valence-electron chi connectivity index (χ0n) is 18.7. The Hall–Kier alpha value is -2.77. The largest absolute Gasteiger partial charge is 0.381 e. The van der Waals surface area contributed by atoms with Gasteiger partial charge < -0.3 is 16.0 Å². The first kappa shape index (κ1) is 23.9. The quantitative estimate of drug-likeness (QED) is 0.307. The zero-order valence-corrected chi connectivity index (χ0v) is 21.1. The molecule has 4 aromatic rings. The number of nitrogens with two attached hydrogens (primary N) is 1. The van der Waals surface area contributed by atoms with Crippen LogP contribution in [-0.4, -0.2) is 63.8 Å². The maximum absolute atomic E-state index is 13.3. The summed E-state index contributed by atoms with van der Waals surface area (Å²) in [6, 6.07) is 2.92. The van der Waals surface area contributed by atoms with Crippen LogP contribution < -0.4 is 16.0 Å². The van der Waals surface area contributed by atoms with E-state index in [0.29, 0.717) is 57.9 Å². The van der Waals surface area contributed by atoms with Gasteiger partial charge in [-0.15, -0.1) is 5.10 Å². The molecule has 0 aliphatic carbocycles. The number of aromatic nitrogens is 5. The molecule has 5 heterocycles. The van der Waals surface area contributed by atoms with E-state index in [1.165, 1.54) is 10.7 Å². The molecule has 1 aliphatic heterocycles. The summed E-state index contributed by atoms with van der Waals surface area (Å²) in [7, 11) is -2.65. The molecule has 0 radical (unpaired) electrons. The van der Waals surface area contributed by atoms with E-state index in [1.807, 2.05) is 11.8 Å². The molecule has 35 heavy (non-hydrogen) atoms. The molecule has 0 bridgehead atoms. The Morgan fingerprint density at radius 1 is 1.26 bits per heavy atom. The third-order valence-corrected chi connectivity index (χ3v) is 8.39. The van der Waals surface area contributed by atoms with Crippen LogP contribution in [-0.2, 0) is 0 Å². The molecule has 1 atom stereocenters. The molecule has 1 unspecified atom stereocenters. The molecule has 14 heteroatoms. The summed E-state index contributed by atoms with van der Waals surface area (Å²) in [5.74, 6) is 0.875. The number of anilines is 2. The number of hydrogen-bond donors (Lipinski definition) is 4. The third-order valence-electron chi connectivity index (χ3n) is 6.04. The highest BCUT2D eigenvalue weighted by Gasteiger charge is 2.28. The molecule has 5 rings (SSSR count). The smallest absolute Gasteiger partial charge is 0.259 e. The van der Waals surface area contributed by atoms with Crippen molar-refractivity contribution in [3.8, 4) is 0 Å². The van der Waals surface area contributed by atoms with Crippen molar-refractivity contribution in [2.24, 2.45) is 0 Å². The standard InChI is InChI=1S/C21H24Cl2N8O3S/c1-12(27-20(32)16-18(24)28-30-6-2-4-25-19(16)30)13-10-14(22)17-15(23)11-26-31(17)21(13)29-5-3-8-35(33,34)9-7-29/h2,4,6,10-12,33-34H,3,5,7-9H2,1H3,(H2,24,28)(H,27,32). The SMILES string of the molecule is CC(NC(=O)c1c(N)nn2cccnc12)c1cc(Cl)c2c(Cl)cnn2c1N1CCCS(O)(O)CC1. The van der Waals surface area contributed by atoms with Crippen molar-refractivity contribution in [1.82, 2.24) is 29.5 Å². The van der Waals surface area contributed by atoms with Gasteiger partial charge in [-0.1, -0.05) is 23.2 Å². The highest BCUT2D eigenvalue weighted by molar-refractivity contribution is 8.24. The molecular weight excluding hydrogens is 515 g/mol. The van der Waals surface area contributed by atoms with Crippen molar-refractivity contribution in [2.45, 2.75) is 19.4 Å². The van der Waals surface area contributed by atoms with Crippen LogP contribution in [0.2, 0.25) is 10.0 Å². The van der Waals surface area contributed by atoms with Crippen molar-refractivity contribution < 1.29 is 13.9 Å². The molecule has 5 N–H and O–H groups in total. The van der Waals surface area contributed by atoms with Gasteiger partial charge in [0.15, 0.2) is 11.5 Å². The van der Waals surface area contributed by atoms with Gasteiger partial charge in [-0.05, 0) is 25.5 Å². The number of pyridine rings is 1. The molecule has 1 fully saturated rings. The number of hydrogen-bond acceptors (Lipinski definition) is 8. The summed E-state index contributed by atoms with van der Waals surface area (Å²) >= 11 is 12.9. The number of nitrogen functional groups attached to an aromatic ring is 1. The lowest BCUT2D eigenvalue weighted by Gasteiger charge is -2.31. The third kappa shape index (κ3) is 4.36. The predicted octanol–water partition coefficient (Wildman–Crippen LogP) is 3.72. The summed E-state index contributed by atoms with van der Waals surface area (Å²) in [6.45, 7) is 2.79. The van der Waals surface area contributed by atoms with Gasteiger partial charge >= 0.3 is 0 Å². The first-order valence-electron chi connectivity index (χ1n) is 10.9. The first-order valence-corrected chi connectivity index (χ1v) is 13.5. The Labute approximate surface area is 212 Å². The van der Waals surface area contributed by atoms with Gasteiger partial charge in [0.2, 0.25) is 0 Å². The maximum Gasteiger partial charge on any atom is 0.259 e. The Morgan fingerprint density at radius 3 is 2.86 bits per heavy atom. The number of nitrogens with one attached hydrogen (secondary N) is 1. The van der Waals surface area contributed by atoms with Crippen molar-refractivity contribution in [2.75, 3.05) is 35.2 Å². The number of fused-ring (bicyclic) bond motifs is 2. The number of carbonyl (C=O) groups excluding carboxylic acids is 1. The molecule has 0 saturated carbocycles. The highest BCUT2D eigenvalue weighted by Crippen LogP contribution is 2.42. The zero-order chi connectivity index (χ0) is 24.9. The number of carbonyl (C=O) groups is 1. The summed E-state index contributed by atoms with van der Waals surface area (Å²) in [5.41, 5.74) is 7.78. The van der Waals surface area contributed by atoms with Crippen LogP contribution in [0.5, 0.6) is 0 Å². The van der Waals surface area contributed by atoms with Gasteiger partial charge in [-0.2, -0.15) is 15.7 Å². The first-order chi connectivity index (χ1) is 16.7. The molecule has 11 nitrogen and oxygen atoms in total. The lowest BCUT2D eigenvalue weighted by atomic mass is 10.1. The predicted molar refractivity (Wildman–Crippen MR) is 138 cm³/mol. The summed E-state index contributed by atoms with van der Waals surface area (Å²) in [5, 5.41) is 12.3. The monoisotopic (exact) mass is 538 g/mol. The van der Waals surface area contributed by atoms with Gasteiger partial charge in [-0.3, -0.25) is 13.9 Å². The van der Waals surface area contributed by atoms with Crippen LogP contribution in [0.3, 0.4) is 0 Å². The minimum atomic E-state index is -2.65. The van der Waals surface area contributed by atoms with Gasteiger partial charge in [0.1, 0.15) is 16.9 Å². The highest BCUT2D eigenvalue weighted by atomic mass is 35.5. The van der Waals surface area contributed by atoms with E-state index in [0.717, 1.165) is 0 Å². The second kappa shape index (κ2) is 9.03. The summed E-state index contributed by atoms with van der Waals surface area (Å²) in [6.07, 6.45) is 5.33. The van der Waals surface area contributed by atoms with E-state index in [1.54, 1.807) is 29.0 Å². The molecule has 1 saturated heterocycles. The lowest BCUT2D eigenvalue weighted by Crippen LogP contribution is -2.33. The minimum Gasteiger partial charge on any atom is -0.381 e. The van der Waals surface area contributed by atoms with Gasteiger partial charge in [0.25, 0.3) is 5.91 Å². The molecular formula is C21H24Cl2N8O3S. The normalized spacial score (nSPS) is 17.9. The molecule has 0 spiro atoms. The van der Waals surface area contributed by atoms with Crippen molar-refractivity contribution in [1.29, 1.82) is 0 Å². The topological polar surface area (TPSA) is 146 Å². The second-order valence-corrected chi connectivity index (χ2v) is 11.7. The van der Waals surface area contributed by atoms with E-state index in [2.05, 4.69) is 20.5 Å². The van der Waals surface area contributed by atoms with E-state index in [4.69, 9.17) is 28.9 Å². The Kier molecular flexibility index (Phi) is 6.18. The van der Waals surface area contributed by atoms with Crippen molar-refractivity contribution in [3.63, 3.8) is 0 Å². The van der Waals surface area contributed by atoms with Crippen LogP contribution in [0.25, 0.3) is 11.2 Å². The van der Waals surface area contributed by atoms with Crippen molar-refractivity contribution >= 4 is 62.5 Å². The molecule has 1 aliphatic rings. The van der Waals surface area contributed by atoms with Crippen LogP contribution in [0.15, 0.2) is 30.7 Å². The Balaban J connectivity index is 1.55. The van der Waals surface area contributed by atoms with E-state index < -0.39 is 22.5 Å². The van der Waals surface area contributed by atoms with Crippen LogP contribution in [0.1, 0.15) is 35.3 Å². The average molecular weight is 539 g/mol. The van der Waals surface area contributed by atoms with Crippen LogP contribution in [0.4, 0.5) is 11.6 Å². The summed E-state index contributed by atoms with van der Waals surface area (Å²) < 4.78 is 23.6. The fourth-order valence-electron chi connectivity index (χ4n) is 4.37.